The third-order valence-electron chi connectivity index (χ3n) is 7.21. The molecule has 4 aromatic rings. The van der Waals surface area contributed by atoms with Crippen molar-refractivity contribution in [1.82, 2.24) is 35.3 Å². The summed E-state index contributed by atoms with van der Waals surface area (Å²) < 4.78 is 0. The van der Waals surface area contributed by atoms with Gasteiger partial charge in [0.15, 0.2) is 5.82 Å². The highest BCUT2D eigenvalue weighted by Gasteiger charge is 2.57. The maximum absolute atomic E-state index is 4.74. The second-order valence-electron chi connectivity index (χ2n) is 8.97. The largest absolute Gasteiger partial charge is 0.356 e. The number of aromatic amines is 2. The lowest BCUT2D eigenvalue weighted by molar-refractivity contribution is 0.729. The molecule has 0 spiro atoms. The number of nitrogens with one attached hydrogen (secondary N) is 3. The summed E-state index contributed by atoms with van der Waals surface area (Å²) in [6.07, 6.45) is 7.70. The number of anilines is 2. The number of aromatic nitrogens is 7. The van der Waals surface area contributed by atoms with Crippen LogP contribution in [0.5, 0.6) is 0 Å². The van der Waals surface area contributed by atoms with Gasteiger partial charge in [-0.05, 0) is 41.9 Å². The van der Waals surface area contributed by atoms with Crippen molar-refractivity contribution >= 4 is 11.8 Å². The summed E-state index contributed by atoms with van der Waals surface area (Å²) in [6, 6.07) is 10.7. The molecule has 7 rings (SSSR count). The van der Waals surface area contributed by atoms with Gasteiger partial charge in [0.25, 0.3) is 0 Å². The molecule has 3 aromatic heterocycles. The standard InChI is InChI=1S/C23H23N9/c1-2-4-14-13(3-1)5-6-17(14)27-23-24-8-7-18(28-23)22-25-10-20(29-22)32-11-15-16(12-32)21(15)19-9-26-31-30-19/h1-4,7-10,15-17,21H,5-6,11-12H2,(H,25,29)(H,24,27,28)(H,26,30,31)/t15?,16?,17-,21?/m1/s1. The van der Waals surface area contributed by atoms with E-state index in [1.54, 1.807) is 6.20 Å². The van der Waals surface area contributed by atoms with Crippen molar-refractivity contribution in [3.63, 3.8) is 0 Å². The minimum Gasteiger partial charge on any atom is -0.356 e. The molecule has 32 heavy (non-hydrogen) atoms. The monoisotopic (exact) mass is 425 g/mol. The Labute approximate surface area is 184 Å². The van der Waals surface area contributed by atoms with Crippen molar-refractivity contribution < 1.29 is 0 Å². The number of H-pyrrole nitrogens is 2. The highest BCUT2D eigenvalue weighted by Crippen LogP contribution is 2.57. The fourth-order valence-electron chi connectivity index (χ4n) is 5.56. The van der Waals surface area contributed by atoms with Gasteiger partial charge in [-0.2, -0.15) is 15.4 Å². The molecule has 1 saturated heterocycles. The summed E-state index contributed by atoms with van der Waals surface area (Å²) in [5, 5.41) is 14.5. The average Bonchev–Trinajstić information content (AvgIpc) is 3.46. The molecule has 1 saturated carbocycles. The van der Waals surface area contributed by atoms with Crippen LogP contribution < -0.4 is 10.2 Å². The fourth-order valence-corrected chi connectivity index (χ4v) is 5.56. The lowest BCUT2D eigenvalue weighted by Crippen LogP contribution is -2.23. The number of imidazole rings is 1. The smallest absolute Gasteiger partial charge is 0.223 e. The molecule has 1 aromatic carbocycles. The van der Waals surface area contributed by atoms with Gasteiger partial charge in [-0.1, -0.05) is 24.3 Å². The molecule has 3 N–H and O–H groups in total. The first-order valence-electron chi connectivity index (χ1n) is 11.2. The van der Waals surface area contributed by atoms with Crippen LogP contribution in [0.25, 0.3) is 11.5 Å². The summed E-state index contributed by atoms with van der Waals surface area (Å²) in [7, 11) is 0. The number of benzene rings is 1. The van der Waals surface area contributed by atoms with Gasteiger partial charge in [0.2, 0.25) is 5.95 Å². The van der Waals surface area contributed by atoms with Crippen LogP contribution in [-0.4, -0.2) is 48.4 Å². The molecule has 2 unspecified atom stereocenters. The van der Waals surface area contributed by atoms with Gasteiger partial charge < -0.3 is 15.2 Å². The van der Waals surface area contributed by atoms with Gasteiger partial charge in [-0.25, -0.2) is 15.0 Å². The summed E-state index contributed by atoms with van der Waals surface area (Å²) in [5.74, 6) is 4.30. The maximum Gasteiger partial charge on any atom is 0.223 e. The Hall–Kier alpha value is -3.75. The van der Waals surface area contributed by atoms with Gasteiger partial charge in [0.05, 0.1) is 24.1 Å². The molecule has 160 valence electrons. The lowest BCUT2D eigenvalue weighted by Gasteiger charge is -2.19. The van der Waals surface area contributed by atoms with Crippen LogP contribution in [0, 0.1) is 11.8 Å². The van der Waals surface area contributed by atoms with E-state index in [-0.39, 0.29) is 6.04 Å². The molecule has 0 radical (unpaired) electrons. The molecule has 4 heterocycles. The van der Waals surface area contributed by atoms with Gasteiger partial charge in [0.1, 0.15) is 11.5 Å². The van der Waals surface area contributed by atoms with Crippen LogP contribution in [0.4, 0.5) is 11.8 Å². The van der Waals surface area contributed by atoms with Crippen LogP contribution in [0.3, 0.4) is 0 Å². The van der Waals surface area contributed by atoms with Crippen molar-refractivity contribution in [3.8, 4) is 11.5 Å². The van der Waals surface area contributed by atoms with Crippen LogP contribution in [-0.2, 0) is 6.42 Å². The van der Waals surface area contributed by atoms with E-state index in [2.05, 4.69) is 64.8 Å². The van der Waals surface area contributed by atoms with E-state index in [0.29, 0.717) is 23.7 Å². The van der Waals surface area contributed by atoms with E-state index >= 15 is 0 Å². The Morgan fingerprint density at radius 2 is 1.94 bits per heavy atom. The Morgan fingerprint density at radius 1 is 1.03 bits per heavy atom. The Bertz CT molecular complexity index is 1250. The molecule has 9 nitrogen and oxygen atoms in total. The number of nitrogens with zero attached hydrogens (tertiary/aromatic N) is 6. The molecule has 3 aliphatic rings. The zero-order valence-electron chi connectivity index (χ0n) is 17.4. The van der Waals surface area contributed by atoms with Gasteiger partial charge in [0, 0.05) is 25.2 Å². The van der Waals surface area contributed by atoms with Crippen LogP contribution in [0.2, 0.25) is 0 Å². The predicted octanol–water partition coefficient (Wildman–Crippen LogP) is 2.93. The molecular weight excluding hydrogens is 402 g/mol. The third kappa shape index (κ3) is 2.88. The van der Waals surface area contributed by atoms with Gasteiger partial charge in [-0.3, -0.25) is 0 Å². The fraction of sp³-hybridized carbons (Fsp3) is 0.348. The van der Waals surface area contributed by atoms with E-state index in [1.807, 2.05) is 18.5 Å². The van der Waals surface area contributed by atoms with E-state index in [9.17, 15) is 0 Å². The number of fused-ring (bicyclic) bond motifs is 2. The molecule has 0 bridgehead atoms. The first-order chi connectivity index (χ1) is 15.8. The zero-order valence-corrected chi connectivity index (χ0v) is 17.4. The topological polar surface area (TPSA) is 111 Å². The van der Waals surface area contributed by atoms with Crippen molar-refractivity contribution in [2.45, 2.75) is 24.8 Å². The van der Waals surface area contributed by atoms with Crippen LogP contribution in [0.15, 0.2) is 48.9 Å². The molecular formula is C23H23N9. The molecule has 0 amide bonds. The van der Waals surface area contributed by atoms with Crippen molar-refractivity contribution in [2.75, 3.05) is 23.3 Å². The first-order valence-corrected chi connectivity index (χ1v) is 11.2. The van der Waals surface area contributed by atoms with E-state index in [0.717, 1.165) is 49.0 Å². The first kappa shape index (κ1) is 17.9. The van der Waals surface area contributed by atoms with Crippen LogP contribution in [0.1, 0.15) is 35.2 Å². The normalized spacial score (nSPS) is 25.6. The highest BCUT2D eigenvalue weighted by atomic mass is 15.3. The van der Waals surface area contributed by atoms with Gasteiger partial charge in [-0.15, -0.1) is 0 Å². The minimum absolute atomic E-state index is 0.252. The zero-order chi connectivity index (χ0) is 21.1. The molecule has 2 fully saturated rings. The number of aryl methyl sites for hydroxylation is 1. The molecule has 2 aliphatic carbocycles. The Balaban J connectivity index is 1.05. The summed E-state index contributed by atoms with van der Waals surface area (Å²) in [4.78, 5) is 19.6. The SMILES string of the molecule is c1ccc2c(c1)CC[C@H]2Nc1nccc(-c2ncc(N3CC4C(C3)C4c3cn[nH]n3)[nH]2)n1. The minimum atomic E-state index is 0.252. The third-order valence-corrected chi connectivity index (χ3v) is 7.21. The molecule has 3 atom stereocenters. The summed E-state index contributed by atoms with van der Waals surface area (Å²) in [5.41, 5.74) is 4.64. The average molecular weight is 426 g/mol. The number of rotatable bonds is 5. The van der Waals surface area contributed by atoms with E-state index < -0.39 is 0 Å². The Morgan fingerprint density at radius 3 is 2.81 bits per heavy atom. The number of piperidine rings is 1. The van der Waals surface area contributed by atoms with Crippen molar-refractivity contribution in [1.29, 1.82) is 0 Å². The second-order valence-corrected chi connectivity index (χ2v) is 8.97. The van der Waals surface area contributed by atoms with Crippen LogP contribution >= 0.6 is 0 Å². The van der Waals surface area contributed by atoms with Gasteiger partial charge >= 0.3 is 0 Å². The second kappa shape index (κ2) is 6.88. The number of hydrogen-bond acceptors (Lipinski definition) is 7. The summed E-state index contributed by atoms with van der Waals surface area (Å²) in [6.45, 7) is 2.03. The Kier molecular flexibility index (Phi) is 3.84. The van der Waals surface area contributed by atoms with E-state index in [4.69, 9.17) is 4.98 Å². The summed E-state index contributed by atoms with van der Waals surface area (Å²) >= 11 is 0. The predicted molar refractivity (Wildman–Crippen MR) is 119 cm³/mol. The van der Waals surface area contributed by atoms with Crippen molar-refractivity contribution in [3.05, 3.63) is 65.7 Å². The van der Waals surface area contributed by atoms with Crippen molar-refractivity contribution in [2.24, 2.45) is 11.8 Å². The maximum atomic E-state index is 4.74. The molecule has 1 aliphatic heterocycles. The molecule has 9 heteroatoms. The number of hydrogen-bond donors (Lipinski definition) is 3. The quantitative estimate of drug-likeness (QED) is 0.451. The van der Waals surface area contributed by atoms with E-state index in [1.165, 1.54) is 11.1 Å². The highest BCUT2D eigenvalue weighted by molar-refractivity contribution is 5.56. The lowest BCUT2D eigenvalue weighted by atomic mass is 10.1.